The monoisotopic (exact) mass is 424 g/mol. The van der Waals surface area contributed by atoms with E-state index in [0.29, 0.717) is 24.0 Å². The minimum atomic E-state index is -0.0838. The fraction of sp³-hybridized carbons (Fsp3) is 0.250. The highest BCUT2D eigenvalue weighted by atomic mass is 16.5. The Labute approximate surface area is 189 Å². The van der Waals surface area contributed by atoms with E-state index in [1.807, 2.05) is 50.2 Å². The van der Waals surface area contributed by atoms with Crippen LogP contribution in [-0.4, -0.2) is 12.5 Å². The van der Waals surface area contributed by atoms with Gasteiger partial charge in [0.2, 0.25) is 0 Å². The highest BCUT2D eigenvalue weighted by Crippen LogP contribution is 2.51. The first-order valence-electron chi connectivity index (χ1n) is 11.3. The topological polar surface area (TPSA) is 50.4 Å². The van der Waals surface area contributed by atoms with Gasteiger partial charge in [0.15, 0.2) is 0 Å². The van der Waals surface area contributed by atoms with Gasteiger partial charge in [0.1, 0.15) is 5.75 Å². The van der Waals surface area contributed by atoms with Gasteiger partial charge in [-0.15, -0.1) is 0 Å². The van der Waals surface area contributed by atoms with Crippen molar-refractivity contribution in [3.63, 3.8) is 0 Å². The molecule has 2 aliphatic rings. The lowest BCUT2D eigenvalue weighted by molar-refractivity contribution is 0.102. The van der Waals surface area contributed by atoms with E-state index >= 15 is 0 Å². The lowest BCUT2D eigenvalue weighted by Gasteiger charge is -2.38. The van der Waals surface area contributed by atoms with Crippen LogP contribution in [-0.2, 0) is 0 Å². The van der Waals surface area contributed by atoms with E-state index in [0.717, 1.165) is 29.1 Å². The molecule has 0 saturated heterocycles. The quantitative estimate of drug-likeness (QED) is 0.461. The van der Waals surface area contributed by atoms with Crippen LogP contribution in [0.1, 0.15) is 52.4 Å². The summed E-state index contributed by atoms with van der Waals surface area (Å²) >= 11 is 0. The van der Waals surface area contributed by atoms with Gasteiger partial charge in [0, 0.05) is 28.4 Å². The smallest absolute Gasteiger partial charge is 0.255 e. The normalized spacial score (nSPS) is 20.8. The SMILES string of the molecule is CCOc1ccccc1C1Nc2ccc(NC(=O)c3cccc(C)c3)cc2C2C=CCC21. The van der Waals surface area contributed by atoms with E-state index in [1.165, 1.54) is 11.1 Å². The lowest BCUT2D eigenvalue weighted by atomic mass is 9.76. The zero-order valence-electron chi connectivity index (χ0n) is 18.5. The molecule has 0 saturated carbocycles. The number of aryl methyl sites for hydroxylation is 1. The zero-order valence-corrected chi connectivity index (χ0v) is 18.5. The zero-order chi connectivity index (χ0) is 22.1. The number of carbonyl (C=O) groups is 1. The standard InChI is InChI=1S/C28H28N2O2/c1-3-32-26-13-5-4-10-23(26)27-22-12-7-11-21(22)24-17-20(14-15-25(24)30-27)29-28(31)19-9-6-8-18(2)16-19/h4-11,13-17,21-22,27,30H,3,12H2,1-2H3,(H,29,31). The number of nitrogens with one attached hydrogen (secondary N) is 2. The third-order valence-electron chi connectivity index (χ3n) is 6.45. The van der Waals surface area contributed by atoms with Crippen LogP contribution < -0.4 is 15.4 Å². The Kier molecular flexibility index (Phi) is 5.44. The molecule has 1 heterocycles. The maximum absolute atomic E-state index is 12.7. The first-order valence-corrected chi connectivity index (χ1v) is 11.3. The number of allylic oxidation sites excluding steroid dienone is 2. The molecular formula is C28H28N2O2. The van der Waals surface area contributed by atoms with E-state index in [1.54, 1.807) is 0 Å². The Balaban J connectivity index is 1.44. The Morgan fingerprint density at radius 3 is 2.78 bits per heavy atom. The maximum atomic E-state index is 12.7. The van der Waals surface area contributed by atoms with Crippen LogP contribution in [0.15, 0.2) is 78.9 Å². The average Bonchev–Trinajstić information content (AvgIpc) is 3.30. The van der Waals surface area contributed by atoms with Crippen LogP contribution in [0.25, 0.3) is 0 Å². The summed E-state index contributed by atoms with van der Waals surface area (Å²) in [6.45, 7) is 4.66. The van der Waals surface area contributed by atoms with Crippen molar-refractivity contribution in [3.8, 4) is 5.75 Å². The summed E-state index contributed by atoms with van der Waals surface area (Å²) < 4.78 is 5.93. The van der Waals surface area contributed by atoms with Crippen molar-refractivity contribution >= 4 is 17.3 Å². The third kappa shape index (κ3) is 3.77. The molecule has 0 spiro atoms. The van der Waals surface area contributed by atoms with Crippen molar-refractivity contribution in [3.05, 3.63) is 101 Å². The van der Waals surface area contributed by atoms with E-state index < -0.39 is 0 Å². The molecule has 4 nitrogen and oxygen atoms in total. The Bertz CT molecular complexity index is 1180. The minimum Gasteiger partial charge on any atom is -0.494 e. The van der Waals surface area contributed by atoms with Crippen molar-refractivity contribution in [2.75, 3.05) is 17.2 Å². The molecule has 1 aliphatic carbocycles. The number of hydrogen-bond acceptors (Lipinski definition) is 3. The van der Waals surface area contributed by atoms with Crippen molar-refractivity contribution in [2.24, 2.45) is 5.92 Å². The van der Waals surface area contributed by atoms with Gasteiger partial charge in [0.25, 0.3) is 5.91 Å². The minimum absolute atomic E-state index is 0.0838. The summed E-state index contributed by atoms with van der Waals surface area (Å²) in [5.41, 5.74) is 6.12. The predicted octanol–water partition coefficient (Wildman–Crippen LogP) is 6.47. The first-order chi connectivity index (χ1) is 15.6. The summed E-state index contributed by atoms with van der Waals surface area (Å²) in [6, 6.07) is 22.3. The van der Waals surface area contributed by atoms with E-state index in [-0.39, 0.29) is 11.9 Å². The van der Waals surface area contributed by atoms with Gasteiger partial charge in [-0.25, -0.2) is 0 Å². The third-order valence-corrected chi connectivity index (χ3v) is 6.45. The largest absolute Gasteiger partial charge is 0.494 e. The van der Waals surface area contributed by atoms with Gasteiger partial charge >= 0.3 is 0 Å². The maximum Gasteiger partial charge on any atom is 0.255 e. The van der Waals surface area contributed by atoms with E-state index in [9.17, 15) is 4.79 Å². The molecule has 3 aromatic carbocycles. The highest BCUT2D eigenvalue weighted by Gasteiger charge is 2.39. The average molecular weight is 425 g/mol. The van der Waals surface area contributed by atoms with Crippen molar-refractivity contribution < 1.29 is 9.53 Å². The molecule has 0 aromatic heterocycles. The number of anilines is 2. The molecule has 3 atom stereocenters. The van der Waals surface area contributed by atoms with Crippen LogP contribution >= 0.6 is 0 Å². The van der Waals surface area contributed by atoms with Crippen molar-refractivity contribution in [1.82, 2.24) is 0 Å². The number of rotatable bonds is 5. The summed E-state index contributed by atoms with van der Waals surface area (Å²) in [5.74, 6) is 1.58. The van der Waals surface area contributed by atoms with E-state index in [2.05, 4.69) is 53.1 Å². The molecule has 3 aromatic rings. The van der Waals surface area contributed by atoms with Gasteiger partial charge in [0.05, 0.1) is 12.6 Å². The molecule has 0 radical (unpaired) electrons. The van der Waals surface area contributed by atoms with Gasteiger partial charge in [-0.1, -0.05) is 48.0 Å². The molecule has 2 N–H and O–H groups in total. The molecule has 32 heavy (non-hydrogen) atoms. The van der Waals surface area contributed by atoms with Crippen LogP contribution in [0.4, 0.5) is 11.4 Å². The van der Waals surface area contributed by atoms with Gasteiger partial charge in [-0.2, -0.15) is 0 Å². The first kappa shape index (κ1) is 20.4. The second kappa shape index (κ2) is 8.54. The molecular weight excluding hydrogens is 396 g/mol. The van der Waals surface area contributed by atoms with E-state index in [4.69, 9.17) is 4.74 Å². The van der Waals surface area contributed by atoms with Crippen LogP contribution in [0, 0.1) is 12.8 Å². The number of ether oxygens (including phenoxy) is 1. The number of carbonyl (C=O) groups excluding carboxylic acids is 1. The summed E-state index contributed by atoms with van der Waals surface area (Å²) in [5, 5.41) is 6.84. The molecule has 5 rings (SSSR count). The summed E-state index contributed by atoms with van der Waals surface area (Å²) in [4.78, 5) is 12.7. The second-order valence-corrected chi connectivity index (χ2v) is 8.57. The fourth-order valence-corrected chi connectivity index (χ4v) is 4.99. The molecule has 1 aliphatic heterocycles. The van der Waals surface area contributed by atoms with Crippen molar-refractivity contribution in [2.45, 2.75) is 32.2 Å². The molecule has 0 bridgehead atoms. The fourth-order valence-electron chi connectivity index (χ4n) is 4.99. The Hall–Kier alpha value is -3.53. The second-order valence-electron chi connectivity index (χ2n) is 8.57. The van der Waals surface area contributed by atoms with Gasteiger partial charge in [-0.05, 0) is 68.1 Å². The predicted molar refractivity (Wildman–Crippen MR) is 130 cm³/mol. The number of fused-ring (bicyclic) bond motifs is 3. The molecule has 1 amide bonds. The molecule has 162 valence electrons. The Morgan fingerprint density at radius 1 is 1.06 bits per heavy atom. The lowest BCUT2D eigenvalue weighted by Crippen LogP contribution is -2.29. The summed E-state index contributed by atoms with van der Waals surface area (Å²) in [7, 11) is 0. The molecule has 4 heteroatoms. The Morgan fingerprint density at radius 2 is 1.94 bits per heavy atom. The summed E-state index contributed by atoms with van der Waals surface area (Å²) in [6.07, 6.45) is 5.61. The van der Waals surface area contributed by atoms with Crippen LogP contribution in [0.2, 0.25) is 0 Å². The van der Waals surface area contributed by atoms with Crippen LogP contribution in [0.5, 0.6) is 5.75 Å². The highest BCUT2D eigenvalue weighted by molar-refractivity contribution is 6.04. The number of amides is 1. The number of hydrogen-bond donors (Lipinski definition) is 2. The number of para-hydroxylation sites is 1. The van der Waals surface area contributed by atoms with Crippen molar-refractivity contribution in [1.29, 1.82) is 0 Å². The number of benzene rings is 3. The molecule has 3 unspecified atom stereocenters. The van der Waals surface area contributed by atoms with Gasteiger partial charge < -0.3 is 15.4 Å². The van der Waals surface area contributed by atoms with Crippen LogP contribution in [0.3, 0.4) is 0 Å². The van der Waals surface area contributed by atoms with Gasteiger partial charge in [-0.3, -0.25) is 4.79 Å². The molecule has 0 fully saturated rings.